The van der Waals surface area contributed by atoms with Gasteiger partial charge >= 0.3 is 0 Å². The summed E-state index contributed by atoms with van der Waals surface area (Å²) in [7, 11) is 1.99. The summed E-state index contributed by atoms with van der Waals surface area (Å²) in [6, 6.07) is 5.19. The lowest BCUT2D eigenvalue weighted by Gasteiger charge is -2.52. The van der Waals surface area contributed by atoms with Crippen LogP contribution < -0.4 is 14.4 Å². The number of ether oxygens (including phenoxy) is 2. The van der Waals surface area contributed by atoms with Crippen LogP contribution in [0.2, 0.25) is 10.0 Å². The molecule has 0 bridgehead atoms. The molecular formula is C27H30Cl2N6O4S. The second-order valence-electron chi connectivity index (χ2n) is 10.5. The molecule has 4 aromatic rings. The van der Waals surface area contributed by atoms with Crippen molar-refractivity contribution < 1.29 is 17.9 Å². The molecule has 10 nitrogen and oxygen atoms in total. The number of pyridine rings is 2. The van der Waals surface area contributed by atoms with E-state index in [2.05, 4.69) is 32.0 Å². The SMILES string of the molecule is COc1cc2[nH]nc(-c3cnc(N4CC(C)(N(C)C)C4)c(S(C)(=O)=O)c3)c2cc1O[C@H](C)c1c(Cl)cncc1Cl. The molecule has 0 unspecified atom stereocenters. The van der Waals surface area contributed by atoms with Gasteiger partial charge in [-0.05, 0) is 40.1 Å². The molecule has 0 saturated carbocycles. The van der Waals surface area contributed by atoms with Crippen LogP contribution in [0.3, 0.4) is 0 Å². The van der Waals surface area contributed by atoms with Gasteiger partial charge in [-0.2, -0.15) is 5.10 Å². The quantitative estimate of drug-likeness (QED) is 0.296. The number of halogens is 2. The number of H-pyrrole nitrogens is 1. The second-order valence-corrected chi connectivity index (χ2v) is 13.3. The van der Waals surface area contributed by atoms with Gasteiger partial charge in [-0.25, -0.2) is 13.4 Å². The number of nitrogens with zero attached hydrogens (tertiary/aromatic N) is 5. The minimum atomic E-state index is -3.58. The molecule has 1 atom stereocenters. The first-order chi connectivity index (χ1) is 18.8. The predicted octanol–water partition coefficient (Wildman–Crippen LogP) is 5.02. The number of rotatable bonds is 8. The van der Waals surface area contributed by atoms with E-state index in [0.29, 0.717) is 68.2 Å². The first-order valence-electron chi connectivity index (χ1n) is 12.5. The Kier molecular flexibility index (Phi) is 7.37. The first-order valence-corrected chi connectivity index (χ1v) is 15.1. The summed E-state index contributed by atoms with van der Waals surface area (Å²) in [5, 5.41) is 8.96. The largest absolute Gasteiger partial charge is 0.493 e. The van der Waals surface area contributed by atoms with E-state index < -0.39 is 15.9 Å². The Morgan fingerprint density at radius 2 is 1.77 bits per heavy atom. The van der Waals surface area contributed by atoms with Crippen LogP contribution in [0.25, 0.3) is 22.2 Å². The van der Waals surface area contributed by atoms with Crippen molar-refractivity contribution in [1.29, 1.82) is 0 Å². The van der Waals surface area contributed by atoms with Crippen molar-refractivity contribution in [3.8, 4) is 22.8 Å². The Balaban J connectivity index is 1.54. The van der Waals surface area contributed by atoms with Crippen molar-refractivity contribution in [2.45, 2.75) is 30.4 Å². The van der Waals surface area contributed by atoms with Crippen molar-refractivity contribution in [1.82, 2.24) is 25.1 Å². The van der Waals surface area contributed by atoms with Crippen LogP contribution in [0.4, 0.5) is 5.82 Å². The zero-order valence-corrected chi connectivity index (χ0v) is 25.3. The van der Waals surface area contributed by atoms with E-state index in [4.69, 9.17) is 32.7 Å². The summed E-state index contributed by atoms with van der Waals surface area (Å²) in [6.07, 6.45) is 5.34. The minimum absolute atomic E-state index is 0.0508. The predicted molar refractivity (Wildman–Crippen MR) is 157 cm³/mol. The van der Waals surface area contributed by atoms with Gasteiger partial charge in [0.05, 0.1) is 28.2 Å². The Morgan fingerprint density at radius 1 is 1.10 bits per heavy atom. The number of methoxy groups -OCH3 is 1. The van der Waals surface area contributed by atoms with Crippen molar-refractivity contribution in [3.05, 3.63) is 52.4 Å². The summed E-state index contributed by atoms with van der Waals surface area (Å²) >= 11 is 12.7. The van der Waals surface area contributed by atoms with E-state index in [1.165, 1.54) is 18.6 Å². The summed E-state index contributed by atoms with van der Waals surface area (Å²) in [5.74, 6) is 1.35. The van der Waals surface area contributed by atoms with Crippen molar-refractivity contribution in [2.24, 2.45) is 0 Å². The Labute approximate surface area is 243 Å². The maximum absolute atomic E-state index is 12.9. The van der Waals surface area contributed by atoms with Gasteiger partial charge in [0.25, 0.3) is 0 Å². The van der Waals surface area contributed by atoms with Crippen molar-refractivity contribution in [3.63, 3.8) is 0 Å². The average Bonchev–Trinajstić information content (AvgIpc) is 3.28. The molecule has 212 valence electrons. The monoisotopic (exact) mass is 604 g/mol. The highest BCUT2D eigenvalue weighted by atomic mass is 35.5. The van der Waals surface area contributed by atoms with Gasteiger partial charge in [-0.3, -0.25) is 10.1 Å². The number of aromatic nitrogens is 4. The van der Waals surface area contributed by atoms with Crippen LogP contribution in [0.1, 0.15) is 25.5 Å². The Morgan fingerprint density at radius 3 is 2.38 bits per heavy atom. The third-order valence-electron chi connectivity index (χ3n) is 7.40. The number of anilines is 1. The maximum atomic E-state index is 12.9. The van der Waals surface area contributed by atoms with Crippen LogP contribution >= 0.6 is 23.2 Å². The zero-order chi connectivity index (χ0) is 29.0. The van der Waals surface area contributed by atoms with Crippen LogP contribution in [0, 0.1) is 0 Å². The normalized spacial score (nSPS) is 15.8. The smallest absolute Gasteiger partial charge is 0.179 e. The summed E-state index contributed by atoms with van der Waals surface area (Å²) in [5.41, 5.74) is 2.31. The molecule has 0 aliphatic carbocycles. The Hall–Kier alpha value is -3.12. The molecule has 0 amide bonds. The fraction of sp³-hybridized carbons (Fsp3) is 0.370. The number of fused-ring (bicyclic) bond motifs is 1. The highest BCUT2D eigenvalue weighted by Gasteiger charge is 2.42. The van der Waals surface area contributed by atoms with Gasteiger partial charge in [-0.15, -0.1) is 0 Å². The lowest BCUT2D eigenvalue weighted by atomic mass is 9.91. The van der Waals surface area contributed by atoms with E-state index in [1.807, 2.05) is 25.9 Å². The van der Waals surface area contributed by atoms with E-state index in [1.54, 1.807) is 31.5 Å². The number of hydrogen-bond acceptors (Lipinski definition) is 9. The van der Waals surface area contributed by atoms with Gasteiger partial charge in [-0.1, -0.05) is 23.2 Å². The topological polar surface area (TPSA) is 114 Å². The molecule has 5 rings (SSSR count). The first kappa shape index (κ1) is 28.4. The van der Waals surface area contributed by atoms with Crippen LogP contribution in [-0.2, 0) is 9.84 Å². The van der Waals surface area contributed by atoms with E-state index >= 15 is 0 Å². The van der Waals surface area contributed by atoms with Crippen molar-refractivity contribution in [2.75, 3.05) is 45.5 Å². The van der Waals surface area contributed by atoms with Gasteiger partial charge in [0.2, 0.25) is 0 Å². The van der Waals surface area contributed by atoms with Gasteiger partial charge in [0.1, 0.15) is 22.5 Å². The summed E-state index contributed by atoms with van der Waals surface area (Å²) in [4.78, 5) is 12.9. The molecule has 40 heavy (non-hydrogen) atoms. The molecule has 1 aromatic carbocycles. The highest BCUT2D eigenvalue weighted by molar-refractivity contribution is 7.90. The fourth-order valence-corrected chi connectivity index (χ4v) is 6.37. The van der Waals surface area contributed by atoms with Crippen LogP contribution in [0.15, 0.2) is 41.7 Å². The molecule has 1 aliphatic rings. The lowest BCUT2D eigenvalue weighted by Crippen LogP contribution is -2.67. The lowest BCUT2D eigenvalue weighted by molar-refractivity contribution is 0.132. The highest BCUT2D eigenvalue weighted by Crippen LogP contribution is 2.41. The van der Waals surface area contributed by atoms with Crippen LogP contribution in [-0.4, -0.2) is 79.6 Å². The minimum Gasteiger partial charge on any atom is -0.493 e. The number of aromatic amines is 1. The molecule has 0 radical (unpaired) electrons. The van der Waals surface area contributed by atoms with Crippen LogP contribution in [0.5, 0.6) is 11.5 Å². The zero-order valence-electron chi connectivity index (χ0n) is 23.0. The number of likely N-dealkylation sites (N-methyl/N-ethyl adjacent to an activating group) is 1. The van der Waals surface area contributed by atoms with Gasteiger partial charge < -0.3 is 19.3 Å². The van der Waals surface area contributed by atoms with Gasteiger partial charge in [0.15, 0.2) is 21.3 Å². The number of sulfone groups is 1. The molecule has 1 fully saturated rings. The molecule has 13 heteroatoms. The standard InChI is InChI=1S/C27H30Cl2N6O4S/c1-15(24-18(28)11-30-12-19(24)29)39-22-8-17-20(9-21(22)38-5)32-33-25(17)16-7-23(40(6,36)37)26(31-10-16)35-13-27(2,14-35)34(3)4/h7-12,15H,13-14H2,1-6H3,(H,32,33)/t15-/m1/s1. The molecule has 1 aliphatic heterocycles. The summed E-state index contributed by atoms with van der Waals surface area (Å²) < 4.78 is 37.5. The van der Waals surface area contributed by atoms with Gasteiger partial charge in [0, 0.05) is 60.5 Å². The molecule has 4 heterocycles. The third kappa shape index (κ3) is 5.07. The molecular weight excluding hydrogens is 575 g/mol. The number of nitrogens with one attached hydrogen (secondary N) is 1. The molecule has 0 spiro atoms. The van der Waals surface area contributed by atoms with Crippen molar-refractivity contribution >= 4 is 49.8 Å². The summed E-state index contributed by atoms with van der Waals surface area (Å²) in [6.45, 7) is 5.30. The fourth-order valence-electron chi connectivity index (χ4n) is 4.84. The molecule has 1 N–H and O–H groups in total. The van der Waals surface area contributed by atoms with E-state index in [-0.39, 0.29) is 10.4 Å². The second kappa shape index (κ2) is 10.4. The number of hydrogen-bond donors (Lipinski definition) is 1. The maximum Gasteiger partial charge on any atom is 0.179 e. The molecule has 3 aromatic heterocycles. The average molecular weight is 606 g/mol. The third-order valence-corrected chi connectivity index (χ3v) is 9.10. The Bertz CT molecular complexity index is 1680. The number of benzene rings is 1. The van der Waals surface area contributed by atoms with E-state index in [9.17, 15) is 8.42 Å². The molecule has 1 saturated heterocycles. The van der Waals surface area contributed by atoms with E-state index in [0.717, 1.165) is 0 Å².